The first kappa shape index (κ1) is 43.8. The minimum atomic E-state index is -5.96. The second-order valence-electron chi connectivity index (χ2n) is 15.4. The Morgan fingerprint density at radius 1 is 0.396 bits per heavy atom. The van der Waals surface area contributed by atoms with E-state index in [1.54, 1.807) is 62.3 Å². The van der Waals surface area contributed by atoms with Crippen molar-refractivity contribution in [1.82, 2.24) is 0 Å². The predicted molar refractivity (Wildman–Crippen MR) is 176 cm³/mol. The SMILES string of the molecule is CC#CC(=C(C)[B-](c1c(F)c(F)c(F)c(F)c1F)(c1c(F)c(F)c(F)c(F)c1F)c1c(F)c(F)c(F)c(F)c1F)[P+](C(C)(C)C)(C(C)(C)C)C(C)(C)C. The molecule has 0 fully saturated rings. The van der Waals surface area contributed by atoms with Gasteiger partial charge in [0.05, 0.1) is 22.7 Å². The van der Waals surface area contributed by atoms with Gasteiger partial charge in [0.2, 0.25) is 0 Å². The molecular weight excluding hydrogens is 759 g/mol. The van der Waals surface area contributed by atoms with E-state index in [-0.39, 0.29) is 0 Å². The highest BCUT2D eigenvalue weighted by Crippen LogP contribution is 2.88. The van der Waals surface area contributed by atoms with E-state index in [0.29, 0.717) is 6.92 Å². The van der Waals surface area contributed by atoms with Crippen molar-refractivity contribution < 1.29 is 65.9 Å². The zero-order valence-electron chi connectivity index (χ0n) is 30.2. The summed E-state index contributed by atoms with van der Waals surface area (Å²) in [6, 6.07) is 0. The van der Waals surface area contributed by atoms with Crippen LogP contribution in [0.25, 0.3) is 0 Å². The molecule has 0 atom stereocenters. The van der Waals surface area contributed by atoms with Gasteiger partial charge in [-0.15, -0.1) is 16.4 Å². The molecule has 0 spiro atoms. The van der Waals surface area contributed by atoms with Crippen molar-refractivity contribution in [3.63, 3.8) is 0 Å². The molecular formula is C36H33BF15P. The third kappa shape index (κ3) is 5.95. The lowest BCUT2D eigenvalue weighted by molar-refractivity contribution is 0.379. The molecule has 3 aromatic carbocycles. The minimum Gasteiger partial charge on any atom is -0.207 e. The van der Waals surface area contributed by atoms with Crippen LogP contribution >= 0.6 is 7.26 Å². The van der Waals surface area contributed by atoms with Gasteiger partial charge in [-0.25, -0.2) is 65.9 Å². The standard InChI is InChI=1S/C36H33BF15P/c1-12-13-15(53(34(3,4)5,35(6,7)8)36(9,10)11)14(2)37(16-19(38)25(44)31(50)26(45)20(16)39,17-21(40)27(46)32(51)28(47)22(17)41)18-23(42)29(48)33(52)30(49)24(18)43/h1-11H3. The summed E-state index contributed by atoms with van der Waals surface area (Å²) in [4.78, 5) is 0. The molecule has 53 heavy (non-hydrogen) atoms. The molecule has 3 aromatic rings. The summed E-state index contributed by atoms with van der Waals surface area (Å²) in [5.74, 6) is -40.5. The maximum atomic E-state index is 16.4. The van der Waals surface area contributed by atoms with E-state index in [1.807, 2.05) is 0 Å². The Bertz CT molecular complexity index is 1830. The third-order valence-corrected chi connectivity index (χ3v) is 16.8. The van der Waals surface area contributed by atoms with Gasteiger partial charge in [-0.3, -0.25) is 0 Å². The number of rotatable bonds is 5. The Labute approximate surface area is 297 Å². The molecule has 0 aliphatic heterocycles. The monoisotopic (exact) mass is 792 g/mol. The fourth-order valence-electron chi connectivity index (χ4n) is 8.88. The highest BCUT2D eigenvalue weighted by Gasteiger charge is 2.68. The van der Waals surface area contributed by atoms with Crippen molar-refractivity contribution >= 4 is 29.8 Å². The highest BCUT2D eigenvalue weighted by atomic mass is 31.2. The Hall–Kier alpha value is -3.60. The van der Waals surface area contributed by atoms with Gasteiger partial charge in [-0.05, 0) is 75.2 Å². The summed E-state index contributed by atoms with van der Waals surface area (Å²) in [5.41, 5.74) is -9.33. The van der Waals surface area contributed by atoms with Crippen LogP contribution < -0.4 is 16.4 Å². The minimum absolute atomic E-state index is 0.547. The molecule has 0 saturated carbocycles. The smallest absolute Gasteiger partial charge is 0.200 e. The number of halogens is 15. The quantitative estimate of drug-likeness (QED) is 0.0603. The largest absolute Gasteiger partial charge is 0.207 e. The first-order chi connectivity index (χ1) is 23.9. The molecule has 0 nitrogen and oxygen atoms in total. The average molecular weight is 792 g/mol. The van der Waals surface area contributed by atoms with Gasteiger partial charge < -0.3 is 0 Å². The van der Waals surface area contributed by atoms with Gasteiger partial charge in [0.15, 0.2) is 52.4 Å². The van der Waals surface area contributed by atoms with E-state index in [9.17, 15) is 13.2 Å². The van der Waals surface area contributed by atoms with E-state index in [4.69, 9.17) is 0 Å². The van der Waals surface area contributed by atoms with Crippen LogP contribution in [0.1, 0.15) is 76.2 Å². The molecule has 0 saturated heterocycles. The fourth-order valence-corrected chi connectivity index (χ4v) is 17.9. The Balaban J connectivity index is 3.32. The molecule has 290 valence electrons. The van der Waals surface area contributed by atoms with Gasteiger partial charge in [0.1, 0.15) is 46.4 Å². The Morgan fingerprint density at radius 2 is 0.585 bits per heavy atom. The molecule has 0 aliphatic rings. The molecule has 0 aromatic heterocycles. The molecule has 3 rings (SSSR count). The van der Waals surface area contributed by atoms with Crippen molar-refractivity contribution in [3.05, 3.63) is 98.0 Å². The van der Waals surface area contributed by atoms with Gasteiger partial charge in [-0.1, -0.05) is 12.8 Å². The van der Waals surface area contributed by atoms with E-state index in [1.165, 1.54) is 0 Å². The van der Waals surface area contributed by atoms with E-state index in [2.05, 4.69) is 11.8 Å². The topological polar surface area (TPSA) is 0 Å². The lowest BCUT2D eigenvalue weighted by Gasteiger charge is -2.56. The predicted octanol–water partition coefficient (Wildman–Crippen LogP) is 10.5. The van der Waals surface area contributed by atoms with Crippen LogP contribution in [-0.2, 0) is 0 Å². The molecule has 0 unspecified atom stereocenters. The molecule has 0 N–H and O–H groups in total. The van der Waals surface area contributed by atoms with Crippen molar-refractivity contribution in [2.45, 2.75) is 91.6 Å². The van der Waals surface area contributed by atoms with Crippen LogP contribution in [0.3, 0.4) is 0 Å². The lowest BCUT2D eigenvalue weighted by atomic mass is 9.12. The second-order valence-corrected chi connectivity index (χ2v) is 21.2. The van der Waals surface area contributed by atoms with Gasteiger partial charge in [0.25, 0.3) is 0 Å². The summed E-state index contributed by atoms with van der Waals surface area (Å²) >= 11 is 0. The fraction of sp³-hybridized carbons (Fsp3) is 0.389. The van der Waals surface area contributed by atoms with Crippen LogP contribution in [0.5, 0.6) is 0 Å². The molecule has 17 heteroatoms. The molecule has 0 amide bonds. The molecule has 0 aliphatic carbocycles. The molecule has 0 heterocycles. The summed E-state index contributed by atoms with van der Waals surface area (Å²) in [6.07, 6.45) is -5.96. The van der Waals surface area contributed by atoms with Crippen LogP contribution in [-0.4, -0.2) is 21.6 Å². The van der Waals surface area contributed by atoms with Crippen molar-refractivity contribution in [3.8, 4) is 11.8 Å². The summed E-state index contributed by atoms with van der Waals surface area (Å²) in [7, 11) is -3.68. The molecule has 0 bridgehead atoms. The summed E-state index contributed by atoms with van der Waals surface area (Å²) < 4.78 is 234. The van der Waals surface area contributed by atoms with Crippen LogP contribution in [0.2, 0.25) is 0 Å². The first-order valence-corrected chi connectivity index (χ1v) is 17.4. The number of hydrogen-bond acceptors (Lipinski definition) is 0. The normalized spacial score (nSPS) is 13.6. The van der Waals surface area contributed by atoms with Crippen molar-refractivity contribution in [2.75, 3.05) is 0 Å². The average Bonchev–Trinajstić information content (AvgIpc) is 3.03. The summed E-state index contributed by atoms with van der Waals surface area (Å²) in [5, 5.41) is -4.18. The highest BCUT2D eigenvalue weighted by molar-refractivity contribution is 7.84. The van der Waals surface area contributed by atoms with Crippen LogP contribution in [0.15, 0.2) is 10.8 Å². The Kier molecular flexibility index (Phi) is 11.5. The Morgan fingerprint density at radius 3 is 0.755 bits per heavy atom. The first-order valence-electron chi connectivity index (χ1n) is 15.6. The maximum absolute atomic E-state index is 16.4. The van der Waals surface area contributed by atoms with E-state index >= 15 is 52.7 Å². The lowest BCUT2D eigenvalue weighted by Crippen LogP contribution is -2.74. The van der Waals surface area contributed by atoms with Crippen molar-refractivity contribution in [2.24, 2.45) is 0 Å². The van der Waals surface area contributed by atoms with E-state index in [0.717, 1.165) is 6.92 Å². The van der Waals surface area contributed by atoms with Crippen LogP contribution in [0.4, 0.5) is 65.9 Å². The van der Waals surface area contributed by atoms with E-state index < -0.39 is 143 Å². The van der Waals surface area contributed by atoms with Gasteiger partial charge >= 0.3 is 0 Å². The maximum Gasteiger partial charge on any atom is 0.200 e. The number of benzene rings is 3. The second kappa shape index (κ2) is 13.9. The zero-order chi connectivity index (χ0) is 41.5. The summed E-state index contributed by atoms with van der Waals surface area (Å²) in [6.45, 7) is 15.8. The molecule has 0 radical (unpaired) electrons. The van der Waals surface area contributed by atoms with Gasteiger partial charge in [-0.2, -0.15) is 5.47 Å². The number of hydrogen-bond donors (Lipinski definition) is 0. The van der Waals surface area contributed by atoms with Crippen LogP contribution in [0, 0.1) is 99.1 Å². The third-order valence-electron chi connectivity index (χ3n) is 9.65. The van der Waals surface area contributed by atoms with Gasteiger partial charge in [0, 0.05) is 0 Å². The zero-order valence-corrected chi connectivity index (χ0v) is 31.1. The van der Waals surface area contributed by atoms with Crippen molar-refractivity contribution in [1.29, 1.82) is 0 Å². The number of allylic oxidation sites excluding steroid dienone is 2.